The predicted octanol–water partition coefficient (Wildman–Crippen LogP) is 2.41. The van der Waals surface area contributed by atoms with Crippen LogP contribution in [0.1, 0.15) is 6.42 Å². The maximum absolute atomic E-state index is 5.75. The fourth-order valence-electron chi connectivity index (χ4n) is 1.20. The van der Waals surface area contributed by atoms with Gasteiger partial charge in [-0.3, -0.25) is 0 Å². The van der Waals surface area contributed by atoms with Crippen LogP contribution in [0.3, 0.4) is 0 Å². The molecule has 0 saturated carbocycles. The van der Waals surface area contributed by atoms with Gasteiger partial charge in [0.05, 0.1) is 19.4 Å². The van der Waals surface area contributed by atoms with Gasteiger partial charge in [-0.1, -0.05) is 0 Å². The first-order valence-electron chi connectivity index (χ1n) is 4.83. The molecule has 0 atom stereocenters. The van der Waals surface area contributed by atoms with E-state index in [0.717, 1.165) is 24.5 Å². The van der Waals surface area contributed by atoms with Gasteiger partial charge in [0.1, 0.15) is 11.5 Å². The summed E-state index contributed by atoms with van der Waals surface area (Å²) in [6, 6.07) is 5.48. The Bertz CT molecular complexity index is 305. The molecule has 0 radical (unpaired) electrons. The minimum Gasteiger partial charge on any atom is -0.495 e. The highest BCUT2D eigenvalue weighted by molar-refractivity contribution is 7.98. The fourth-order valence-corrected chi connectivity index (χ4v) is 1.60. The molecule has 84 valence electrons. The van der Waals surface area contributed by atoms with E-state index in [-0.39, 0.29) is 0 Å². The quantitative estimate of drug-likeness (QED) is 0.598. The molecule has 0 bridgehead atoms. The van der Waals surface area contributed by atoms with Crippen LogP contribution in [0.2, 0.25) is 0 Å². The van der Waals surface area contributed by atoms with Crippen molar-refractivity contribution in [2.45, 2.75) is 6.42 Å². The molecule has 15 heavy (non-hydrogen) atoms. The van der Waals surface area contributed by atoms with Crippen molar-refractivity contribution in [3.63, 3.8) is 0 Å². The number of hydrogen-bond acceptors (Lipinski definition) is 4. The van der Waals surface area contributed by atoms with Crippen molar-refractivity contribution in [2.24, 2.45) is 0 Å². The lowest BCUT2D eigenvalue weighted by Crippen LogP contribution is -2.00. The van der Waals surface area contributed by atoms with Crippen molar-refractivity contribution in [3.8, 4) is 11.5 Å². The number of nitrogens with two attached hydrogens (primary N) is 1. The van der Waals surface area contributed by atoms with E-state index in [4.69, 9.17) is 15.2 Å². The van der Waals surface area contributed by atoms with Gasteiger partial charge < -0.3 is 15.2 Å². The normalized spacial score (nSPS) is 10.0. The van der Waals surface area contributed by atoms with Crippen LogP contribution in [-0.2, 0) is 0 Å². The van der Waals surface area contributed by atoms with Gasteiger partial charge in [-0.15, -0.1) is 0 Å². The van der Waals surface area contributed by atoms with E-state index < -0.39 is 0 Å². The largest absolute Gasteiger partial charge is 0.495 e. The smallest absolute Gasteiger partial charge is 0.142 e. The first kappa shape index (κ1) is 12.0. The van der Waals surface area contributed by atoms with E-state index in [9.17, 15) is 0 Å². The lowest BCUT2D eigenvalue weighted by atomic mass is 10.3. The average Bonchev–Trinajstić information content (AvgIpc) is 2.25. The molecular weight excluding hydrogens is 210 g/mol. The first-order chi connectivity index (χ1) is 7.27. The molecule has 4 heteroatoms. The number of methoxy groups -OCH3 is 1. The highest BCUT2D eigenvalue weighted by atomic mass is 32.2. The van der Waals surface area contributed by atoms with Gasteiger partial charge in [0.25, 0.3) is 0 Å². The summed E-state index contributed by atoms with van der Waals surface area (Å²) in [6.45, 7) is 0.729. The molecule has 0 unspecified atom stereocenters. The van der Waals surface area contributed by atoms with E-state index in [1.54, 1.807) is 13.2 Å². The van der Waals surface area contributed by atoms with Crippen LogP contribution in [0.5, 0.6) is 11.5 Å². The van der Waals surface area contributed by atoms with E-state index in [1.165, 1.54) is 0 Å². The van der Waals surface area contributed by atoms with E-state index in [0.29, 0.717) is 11.4 Å². The Balaban J connectivity index is 2.45. The molecule has 0 amide bonds. The lowest BCUT2D eigenvalue weighted by Gasteiger charge is -2.08. The van der Waals surface area contributed by atoms with E-state index in [2.05, 4.69) is 6.26 Å². The molecule has 1 aromatic rings. The van der Waals surface area contributed by atoms with Gasteiger partial charge in [0.2, 0.25) is 0 Å². The SMILES string of the molecule is COc1ccc(OCCCSC)cc1N. The summed E-state index contributed by atoms with van der Waals surface area (Å²) >= 11 is 1.82. The molecular formula is C11H17NO2S. The number of nitrogen functional groups attached to an aromatic ring is 1. The van der Waals surface area contributed by atoms with Crippen LogP contribution in [0, 0.1) is 0 Å². The molecule has 3 nitrogen and oxygen atoms in total. The number of rotatable bonds is 6. The van der Waals surface area contributed by atoms with Crippen LogP contribution in [-0.4, -0.2) is 25.7 Å². The van der Waals surface area contributed by atoms with Gasteiger partial charge in [-0.25, -0.2) is 0 Å². The molecule has 2 N–H and O–H groups in total. The van der Waals surface area contributed by atoms with Crippen molar-refractivity contribution in [1.82, 2.24) is 0 Å². The summed E-state index contributed by atoms with van der Waals surface area (Å²) < 4.78 is 10.6. The van der Waals surface area contributed by atoms with Gasteiger partial charge in [-0.05, 0) is 30.6 Å². The molecule has 1 rings (SSSR count). The molecule has 0 aliphatic heterocycles. The van der Waals surface area contributed by atoms with Crippen LogP contribution < -0.4 is 15.2 Å². The molecule has 0 aromatic heterocycles. The fraction of sp³-hybridized carbons (Fsp3) is 0.455. The van der Waals surface area contributed by atoms with Crippen molar-refractivity contribution in [2.75, 3.05) is 31.5 Å². The maximum Gasteiger partial charge on any atom is 0.142 e. The molecule has 0 saturated heterocycles. The van der Waals surface area contributed by atoms with Gasteiger partial charge in [0, 0.05) is 6.07 Å². The molecule has 0 fully saturated rings. The van der Waals surface area contributed by atoms with Crippen molar-refractivity contribution in [3.05, 3.63) is 18.2 Å². The van der Waals surface area contributed by atoms with Crippen LogP contribution in [0.25, 0.3) is 0 Å². The summed E-state index contributed by atoms with van der Waals surface area (Å²) in [7, 11) is 1.60. The second-order valence-corrected chi connectivity index (χ2v) is 4.08. The summed E-state index contributed by atoms with van der Waals surface area (Å²) in [5.41, 5.74) is 6.36. The Morgan fingerprint density at radius 3 is 2.80 bits per heavy atom. The van der Waals surface area contributed by atoms with Crippen molar-refractivity contribution >= 4 is 17.4 Å². The standard InChI is InChI=1S/C11H17NO2S/c1-13-11-5-4-9(8-10(11)12)14-6-3-7-15-2/h4-5,8H,3,6-7,12H2,1-2H3. The van der Waals surface area contributed by atoms with Crippen LogP contribution >= 0.6 is 11.8 Å². The van der Waals surface area contributed by atoms with Gasteiger partial charge >= 0.3 is 0 Å². The highest BCUT2D eigenvalue weighted by Gasteiger charge is 2.00. The predicted molar refractivity (Wildman–Crippen MR) is 65.9 cm³/mol. The number of benzene rings is 1. The van der Waals surface area contributed by atoms with Crippen LogP contribution in [0.4, 0.5) is 5.69 Å². The summed E-state index contributed by atoms with van der Waals surface area (Å²) in [5, 5.41) is 0. The van der Waals surface area contributed by atoms with Gasteiger partial charge in [-0.2, -0.15) is 11.8 Å². The Morgan fingerprint density at radius 2 is 2.20 bits per heavy atom. The van der Waals surface area contributed by atoms with Crippen molar-refractivity contribution in [1.29, 1.82) is 0 Å². The molecule has 0 heterocycles. The zero-order valence-electron chi connectivity index (χ0n) is 9.16. The Morgan fingerprint density at radius 1 is 1.40 bits per heavy atom. The van der Waals surface area contributed by atoms with E-state index >= 15 is 0 Å². The number of ether oxygens (including phenoxy) is 2. The topological polar surface area (TPSA) is 44.5 Å². The zero-order valence-corrected chi connectivity index (χ0v) is 9.97. The third-order valence-corrected chi connectivity index (χ3v) is 2.66. The second-order valence-electron chi connectivity index (χ2n) is 3.10. The minimum atomic E-state index is 0.611. The van der Waals surface area contributed by atoms with Crippen LogP contribution in [0.15, 0.2) is 18.2 Å². The summed E-state index contributed by atoms with van der Waals surface area (Å²) in [6.07, 6.45) is 3.14. The average molecular weight is 227 g/mol. The zero-order chi connectivity index (χ0) is 11.1. The molecule has 1 aromatic carbocycles. The Labute approximate surface area is 94.9 Å². The summed E-state index contributed by atoms with van der Waals surface area (Å²) in [5.74, 6) is 2.60. The van der Waals surface area contributed by atoms with Gasteiger partial charge in [0.15, 0.2) is 0 Å². The molecule has 0 aliphatic carbocycles. The van der Waals surface area contributed by atoms with E-state index in [1.807, 2.05) is 23.9 Å². The Hall–Kier alpha value is -1.03. The maximum atomic E-state index is 5.75. The number of thioether (sulfide) groups is 1. The monoisotopic (exact) mass is 227 g/mol. The third kappa shape index (κ3) is 3.91. The highest BCUT2D eigenvalue weighted by Crippen LogP contribution is 2.25. The number of anilines is 1. The van der Waals surface area contributed by atoms with Crippen molar-refractivity contribution < 1.29 is 9.47 Å². The Kier molecular flexibility index (Phi) is 5.18. The summed E-state index contributed by atoms with van der Waals surface area (Å²) in [4.78, 5) is 0. The molecule has 0 spiro atoms. The first-order valence-corrected chi connectivity index (χ1v) is 6.22. The number of hydrogen-bond donors (Lipinski definition) is 1. The minimum absolute atomic E-state index is 0.611. The third-order valence-electron chi connectivity index (χ3n) is 1.96. The molecule has 0 aliphatic rings. The second kappa shape index (κ2) is 6.45. The lowest BCUT2D eigenvalue weighted by molar-refractivity contribution is 0.318.